The molecule has 15 heteroatoms. The molecule has 1 saturated heterocycles. The number of aryl methyl sites for hydroxylation is 1. The van der Waals surface area contributed by atoms with E-state index in [0.717, 1.165) is 38.8 Å². The zero-order valence-corrected chi connectivity index (χ0v) is 27.0. The van der Waals surface area contributed by atoms with Gasteiger partial charge in [-0.3, -0.25) is 28.9 Å². The summed E-state index contributed by atoms with van der Waals surface area (Å²) in [5.74, 6) is -2.93. The van der Waals surface area contributed by atoms with Crippen LogP contribution in [0.1, 0.15) is 45.2 Å². The van der Waals surface area contributed by atoms with Crippen LogP contribution in [0.2, 0.25) is 0 Å². The number of carbonyl (C=O) groups excluding carboxylic acids is 4. The lowest BCUT2D eigenvalue weighted by atomic mass is 9.98. The minimum absolute atomic E-state index is 0.0333. The highest BCUT2D eigenvalue weighted by Gasteiger charge is 2.52. The van der Waals surface area contributed by atoms with Crippen LogP contribution in [0.15, 0.2) is 64.5 Å². The van der Waals surface area contributed by atoms with E-state index < -0.39 is 71.2 Å². The topological polar surface area (TPSA) is 182 Å². The first kappa shape index (κ1) is 36.1. The van der Waals surface area contributed by atoms with Crippen LogP contribution < -0.4 is 4.72 Å². The molecule has 2 aromatic carbocycles. The molecule has 0 aliphatic carbocycles. The number of aliphatic imine (C=N–C) groups is 1. The van der Waals surface area contributed by atoms with E-state index in [0.29, 0.717) is 0 Å². The van der Waals surface area contributed by atoms with Gasteiger partial charge in [0.2, 0.25) is 0 Å². The average Bonchev–Trinajstić information content (AvgIpc) is 2.97. The minimum Gasteiger partial charge on any atom is -0.463 e. The molecule has 0 amide bonds. The van der Waals surface area contributed by atoms with Crippen LogP contribution in [0.4, 0.5) is 0 Å². The molecule has 14 nitrogen and oxygen atoms in total. The fraction of sp³-hybridized carbons (Fsp3) is 0.452. The van der Waals surface area contributed by atoms with Crippen molar-refractivity contribution in [2.75, 3.05) is 13.2 Å². The minimum atomic E-state index is -4.02. The zero-order valence-electron chi connectivity index (χ0n) is 26.2. The van der Waals surface area contributed by atoms with Crippen molar-refractivity contribution in [3.05, 3.63) is 65.7 Å². The second-order valence-corrected chi connectivity index (χ2v) is 12.0. The number of rotatable bonds is 13. The Kier molecular flexibility index (Phi) is 13.2. The molecule has 1 fully saturated rings. The fourth-order valence-corrected chi connectivity index (χ4v) is 5.55. The summed E-state index contributed by atoms with van der Waals surface area (Å²) in [4.78, 5) is 52.2. The number of nitrogens with zero attached hydrogens (tertiary/aromatic N) is 1. The molecule has 0 saturated carbocycles. The average molecular weight is 663 g/mol. The van der Waals surface area contributed by atoms with E-state index in [2.05, 4.69) is 9.71 Å². The number of carbonyl (C=O) groups is 4. The van der Waals surface area contributed by atoms with Crippen molar-refractivity contribution in [1.29, 1.82) is 0 Å². The summed E-state index contributed by atoms with van der Waals surface area (Å²) in [5, 5.41) is 0. The SMILES string of the molecule is CC(=O)OC[C@H]1O[C@@H](OCCC(=NCc2ccccc2)NS(=O)(=O)c2ccc(C)cc2)[C@H](OC(C)=O)[C@@H](OC(C)=O)[C@H]1OC(C)=O. The first-order chi connectivity index (χ1) is 21.7. The molecule has 0 spiro atoms. The van der Waals surface area contributed by atoms with Gasteiger partial charge in [0.15, 0.2) is 24.6 Å². The van der Waals surface area contributed by atoms with E-state index in [-0.39, 0.29) is 30.3 Å². The van der Waals surface area contributed by atoms with Crippen molar-refractivity contribution in [2.24, 2.45) is 4.99 Å². The summed E-state index contributed by atoms with van der Waals surface area (Å²) in [6.45, 7) is 5.85. The molecule has 1 aliphatic heterocycles. The Labute approximate surface area is 267 Å². The summed E-state index contributed by atoms with van der Waals surface area (Å²) in [6, 6.07) is 15.5. The van der Waals surface area contributed by atoms with E-state index >= 15 is 0 Å². The van der Waals surface area contributed by atoms with E-state index in [1.807, 2.05) is 37.3 Å². The molecule has 0 aromatic heterocycles. The molecule has 3 rings (SSSR count). The lowest BCUT2D eigenvalue weighted by molar-refractivity contribution is -0.307. The van der Waals surface area contributed by atoms with Gasteiger partial charge in [-0.2, -0.15) is 0 Å². The van der Waals surface area contributed by atoms with Gasteiger partial charge in [-0.05, 0) is 24.6 Å². The van der Waals surface area contributed by atoms with E-state index in [1.165, 1.54) is 12.1 Å². The summed E-state index contributed by atoms with van der Waals surface area (Å²) in [5.41, 5.74) is 1.71. The Morgan fingerprint density at radius 3 is 1.98 bits per heavy atom. The maximum Gasteiger partial charge on any atom is 0.303 e. The Bertz CT molecular complexity index is 1500. The van der Waals surface area contributed by atoms with Crippen molar-refractivity contribution in [2.45, 2.75) is 83.2 Å². The van der Waals surface area contributed by atoms with Gasteiger partial charge in [0.05, 0.1) is 18.0 Å². The van der Waals surface area contributed by atoms with Gasteiger partial charge >= 0.3 is 23.9 Å². The largest absolute Gasteiger partial charge is 0.463 e. The highest BCUT2D eigenvalue weighted by Crippen LogP contribution is 2.30. The molecule has 1 heterocycles. The first-order valence-corrected chi connectivity index (χ1v) is 15.8. The quantitative estimate of drug-likeness (QED) is 0.143. The molecule has 46 heavy (non-hydrogen) atoms. The van der Waals surface area contributed by atoms with Crippen molar-refractivity contribution in [3.63, 3.8) is 0 Å². The van der Waals surface area contributed by atoms with Crippen LogP contribution in [0.3, 0.4) is 0 Å². The number of benzene rings is 2. The molecule has 5 atom stereocenters. The molecule has 0 unspecified atom stereocenters. The van der Waals surface area contributed by atoms with Gasteiger partial charge in [0, 0.05) is 34.1 Å². The highest BCUT2D eigenvalue weighted by molar-refractivity contribution is 7.90. The van der Waals surface area contributed by atoms with Crippen LogP contribution in [0.5, 0.6) is 0 Å². The summed E-state index contributed by atoms with van der Waals surface area (Å²) in [7, 11) is -4.02. The second-order valence-electron chi connectivity index (χ2n) is 10.4. The summed E-state index contributed by atoms with van der Waals surface area (Å²) in [6.07, 6.45) is -6.87. The molecule has 250 valence electrons. The highest BCUT2D eigenvalue weighted by atomic mass is 32.2. The predicted octanol–water partition coefficient (Wildman–Crippen LogP) is 2.36. The maximum atomic E-state index is 13.2. The van der Waals surface area contributed by atoms with Gasteiger partial charge in [-0.25, -0.2) is 8.42 Å². The van der Waals surface area contributed by atoms with E-state index in [9.17, 15) is 27.6 Å². The van der Waals surface area contributed by atoms with Crippen molar-refractivity contribution < 1.29 is 56.0 Å². The van der Waals surface area contributed by atoms with Gasteiger partial charge < -0.3 is 28.4 Å². The second kappa shape index (κ2) is 16.8. The molecular weight excluding hydrogens is 624 g/mol. The zero-order chi connectivity index (χ0) is 33.9. The number of amidine groups is 1. The monoisotopic (exact) mass is 662 g/mol. The smallest absolute Gasteiger partial charge is 0.303 e. The summed E-state index contributed by atoms with van der Waals surface area (Å²) < 4.78 is 62.0. The molecular formula is C31H38N2O12S. The van der Waals surface area contributed by atoms with Crippen molar-refractivity contribution in [3.8, 4) is 0 Å². The third-order valence-electron chi connectivity index (χ3n) is 6.45. The maximum absolute atomic E-state index is 13.2. The number of hydrogen-bond donors (Lipinski definition) is 1. The Morgan fingerprint density at radius 1 is 0.804 bits per heavy atom. The number of sulfonamides is 1. The predicted molar refractivity (Wildman–Crippen MR) is 162 cm³/mol. The van der Waals surface area contributed by atoms with Crippen LogP contribution in [0.25, 0.3) is 0 Å². The van der Waals surface area contributed by atoms with Crippen LogP contribution >= 0.6 is 0 Å². The van der Waals surface area contributed by atoms with Gasteiger partial charge in [0.25, 0.3) is 10.0 Å². The standard InChI is InChI=1S/C31H38N2O12S/c1-19-11-13-25(14-12-19)46(38,39)33-27(32-17-24-9-7-6-8-10-24)15-16-40-31-30(44-23(5)37)29(43-22(4)36)28(42-21(3)35)26(45-31)18-41-20(2)34/h6-14,26,28-31H,15-18H2,1-5H3,(H,32,33)/t26-,28+,29+,30-,31-/m1/s1. The molecule has 1 N–H and O–H groups in total. The normalized spacial score (nSPS) is 21.5. The molecule has 0 radical (unpaired) electrons. The van der Waals surface area contributed by atoms with Crippen LogP contribution in [0, 0.1) is 6.92 Å². The molecule has 1 aliphatic rings. The summed E-state index contributed by atoms with van der Waals surface area (Å²) >= 11 is 0. The Balaban J connectivity index is 1.88. The van der Waals surface area contributed by atoms with Gasteiger partial charge in [0.1, 0.15) is 18.5 Å². The van der Waals surface area contributed by atoms with Gasteiger partial charge in [-0.15, -0.1) is 0 Å². The number of ether oxygens (including phenoxy) is 6. The first-order valence-electron chi connectivity index (χ1n) is 14.3. The van der Waals surface area contributed by atoms with E-state index in [4.69, 9.17) is 28.4 Å². The van der Waals surface area contributed by atoms with Crippen molar-refractivity contribution >= 4 is 39.7 Å². The lowest BCUT2D eigenvalue weighted by Gasteiger charge is -2.44. The van der Waals surface area contributed by atoms with Crippen LogP contribution in [-0.2, 0) is 64.2 Å². The molecule has 2 aromatic rings. The van der Waals surface area contributed by atoms with Crippen molar-refractivity contribution in [1.82, 2.24) is 4.72 Å². The van der Waals surface area contributed by atoms with Gasteiger partial charge in [-0.1, -0.05) is 48.0 Å². The third kappa shape index (κ3) is 11.2. The molecule has 0 bridgehead atoms. The van der Waals surface area contributed by atoms with Crippen LogP contribution in [-0.4, -0.2) is 82.1 Å². The fourth-order valence-electron chi connectivity index (χ4n) is 4.46. The van der Waals surface area contributed by atoms with E-state index in [1.54, 1.807) is 12.1 Å². The lowest BCUT2D eigenvalue weighted by Crippen LogP contribution is -2.63. The third-order valence-corrected chi connectivity index (χ3v) is 7.85. The number of hydrogen-bond acceptors (Lipinski definition) is 13. The Morgan fingerprint density at radius 2 is 1.39 bits per heavy atom. The number of nitrogens with one attached hydrogen (secondary N) is 1. The number of esters is 4. The Hall–Kier alpha value is -4.34.